The second-order valence-electron chi connectivity index (χ2n) is 4.91. The van der Waals surface area contributed by atoms with Crippen molar-refractivity contribution in [2.45, 2.75) is 51.1 Å². The van der Waals surface area contributed by atoms with E-state index in [1.54, 1.807) is 0 Å². The van der Waals surface area contributed by atoms with Crippen molar-refractivity contribution in [3.63, 3.8) is 0 Å². The fourth-order valence-corrected chi connectivity index (χ4v) is 2.15. The highest BCUT2D eigenvalue weighted by Gasteiger charge is 2.23. The Labute approximate surface area is 105 Å². The monoisotopic (exact) mass is 227 g/mol. The first kappa shape index (κ1) is 12.2. The highest BCUT2D eigenvalue weighted by molar-refractivity contribution is 5.29. The molecule has 0 heterocycles. The molecule has 0 spiro atoms. The molecule has 1 aliphatic carbocycles. The van der Waals surface area contributed by atoms with Gasteiger partial charge in [0.05, 0.1) is 6.04 Å². The Bertz CT molecular complexity index is 398. The molecule has 90 valence electrons. The van der Waals surface area contributed by atoms with Gasteiger partial charge in [0.1, 0.15) is 0 Å². The molecular formula is C16H21N. The normalized spacial score (nSPS) is 16.5. The van der Waals surface area contributed by atoms with E-state index in [-0.39, 0.29) is 6.04 Å². The van der Waals surface area contributed by atoms with Gasteiger partial charge in [-0.1, -0.05) is 43.5 Å². The van der Waals surface area contributed by atoms with Crippen molar-refractivity contribution in [1.82, 2.24) is 5.32 Å². The molecule has 17 heavy (non-hydrogen) atoms. The summed E-state index contributed by atoms with van der Waals surface area (Å²) in [4.78, 5) is 0. The summed E-state index contributed by atoms with van der Waals surface area (Å²) in [6, 6.07) is 9.12. The molecule has 1 nitrogen and oxygen atoms in total. The number of hydrogen-bond acceptors (Lipinski definition) is 1. The minimum absolute atomic E-state index is 0.213. The van der Waals surface area contributed by atoms with E-state index in [1.165, 1.54) is 24.0 Å². The van der Waals surface area contributed by atoms with Gasteiger partial charge >= 0.3 is 0 Å². The predicted molar refractivity (Wildman–Crippen MR) is 72.8 cm³/mol. The molecule has 1 N–H and O–H groups in total. The van der Waals surface area contributed by atoms with Crippen LogP contribution in [0, 0.1) is 12.3 Å². The summed E-state index contributed by atoms with van der Waals surface area (Å²) in [5, 5.41) is 3.44. The Morgan fingerprint density at radius 3 is 2.94 bits per heavy atom. The molecule has 2 rings (SSSR count). The van der Waals surface area contributed by atoms with Gasteiger partial charge in [0, 0.05) is 6.54 Å². The molecule has 1 heteroatoms. The van der Waals surface area contributed by atoms with Crippen LogP contribution in [0.3, 0.4) is 0 Å². The van der Waals surface area contributed by atoms with E-state index in [0.717, 1.165) is 25.3 Å². The van der Waals surface area contributed by atoms with Crippen LogP contribution in [0.25, 0.3) is 0 Å². The fraction of sp³-hybridized carbons (Fsp3) is 0.500. The predicted octanol–water partition coefficient (Wildman–Crippen LogP) is 3.46. The van der Waals surface area contributed by atoms with Gasteiger partial charge in [0.25, 0.3) is 0 Å². The standard InChI is InChI=1S/C16H21N/c1-3-6-16(4-2)17-12-13-7-5-8-15(11-13)14-9-10-14/h2,5,7-8,11,14,16-17H,3,6,9-10,12H2,1H3. The molecule has 0 aromatic heterocycles. The average Bonchev–Trinajstić information content (AvgIpc) is 3.19. The lowest BCUT2D eigenvalue weighted by Gasteiger charge is -2.12. The number of nitrogens with one attached hydrogen (secondary N) is 1. The summed E-state index contributed by atoms with van der Waals surface area (Å²) < 4.78 is 0. The summed E-state index contributed by atoms with van der Waals surface area (Å²) in [6.45, 7) is 3.05. The minimum Gasteiger partial charge on any atom is -0.300 e. The summed E-state index contributed by atoms with van der Waals surface area (Å²) >= 11 is 0. The van der Waals surface area contributed by atoms with Crippen molar-refractivity contribution >= 4 is 0 Å². The number of benzene rings is 1. The summed E-state index contributed by atoms with van der Waals surface area (Å²) in [5.74, 6) is 3.64. The highest BCUT2D eigenvalue weighted by atomic mass is 14.9. The molecule has 1 aromatic rings. The quantitative estimate of drug-likeness (QED) is 0.734. The van der Waals surface area contributed by atoms with Crippen LogP contribution < -0.4 is 5.32 Å². The van der Waals surface area contributed by atoms with Crippen LogP contribution in [0.2, 0.25) is 0 Å². The lowest BCUT2D eigenvalue weighted by molar-refractivity contribution is 0.563. The molecule has 1 aliphatic rings. The van der Waals surface area contributed by atoms with Gasteiger partial charge in [0.2, 0.25) is 0 Å². The highest BCUT2D eigenvalue weighted by Crippen LogP contribution is 2.40. The van der Waals surface area contributed by atoms with Gasteiger partial charge in [0.15, 0.2) is 0 Å². The van der Waals surface area contributed by atoms with Gasteiger partial charge in [-0.05, 0) is 36.3 Å². The van der Waals surface area contributed by atoms with Crippen LogP contribution in [0.5, 0.6) is 0 Å². The first-order valence-corrected chi connectivity index (χ1v) is 6.62. The van der Waals surface area contributed by atoms with Crippen LogP contribution >= 0.6 is 0 Å². The molecule has 0 saturated heterocycles. The topological polar surface area (TPSA) is 12.0 Å². The maximum atomic E-state index is 5.50. The van der Waals surface area contributed by atoms with Crippen LogP contribution in [0.15, 0.2) is 24.3 Å². The molecule has 0 amide bonds. The minimum atomic E-state index is 0.213. The van der Waals surface area contributed by atoms with Crippen molar-refractivity contribution in [2.24, 2.45) is 0 Å². The van der Waals surface area contributed by atoms with Crippen LogP contribution in [0.1, 0.15) is 49.7 Å². The third-order valence-electron chi connectivity index (χ3n) is 3.33. The lowest BCUT2D eigenvalue weighted by Crippen LogP contribution is -2.26. The number of terminal acetylenes is 1. The molecule has 0 bridgehead atoms. The van der Waals surface area contributed by atoms with Gasteiger partial charge in [-0.15, -0.1) is 6.42 Å². The van der Waals surface area contributed by atoms with Gasteiger partial charge < -0.3 is 0 Å². The van der Waals surface area contributed by atoms with Crippen molar-refractivity contribution < 1.29 is 0 Å². The fourth-order valence-electron chi connectivity index (χ4n) is 2.15. The molecule has 1 fully saturated rings. The molecule has 0 aliphatic heterocycles. The molecule has 1 atom stereocenters. The second kappa shape index (κ2) is 5.89. The van der Waals surface area contributed by atoms with Crippen molar-refractivity contribution in [3.05, 3.63) is 35.4 Å². The first-order chi connectivity index (χ1) is 8.33. The van der Waals surface area contributed by atoms with Gasteiger partial charge in [-0.25, -0.2) is 0 Å². The third-order valence-corrected chi connectivity index (χ3v) is 3.33. The maximum absolute atomic E-state index is 5.50. The SMILES string of the molecule is C#CC(CCC)NCc1cccc(C2CC2)c1. The van der Waals surface area contributed by atoms with E-state index >= 15 is 0 Å². The van der Waals surface area contributed by atoms with Crippen LogP contribution in [-0.2, 0) is 6.54 Å². The summed E-state index contributed by atoms with van der Waals surface area (Å²) in [5.41, 5.74) is 2.85. The lowest BCUT2D eigenvalue weighted by atomic mass is 10.1. The Balaban J connectivity index is 1.89. The van der Waals surface area contributed by atoms with E-state index < -0.39 is 0 Å². The van der Waals surface area contributed by atoms with E-state index in [1.807, 2.05) is 0 Å². The molecule has 1 unspecified atom stereocenters. The zero-order valence-electron chi connectivity index (χ0n) is 10.6. The smallest absolute Gasteiger partial charge is 0.0689 e. The Morgan fingerprint density at radius 2 is 2.29 bits per heavy atom. The Kier molecular flexibility index (Phi) is 4.23. The van der Waals surface area contributed by atoms with E-state index in [4.69, 9.17) is 6.42 Å². The number of hydrogen-bond donors (Lipinski definition) is 1. The first-order valence-electron chi connectivity index (χ1n) is 6.62. The van der Waals surface area contributed by atoms with E-state index in [0.29, 0.717) is 0 Å². The van der Waals surface area contributed by atoms with E-state index in [2.05, 4.69) is 42.4 Å². The van der Waals surface area contributed by atoms with Crippen LogP contribution in [-0.4, -0.2) is 6.04 Å². The third kappa shape index (κ3) is 3.61. The number of rotatable bonds is 6. The average molecular weight is 227 g/mol. The van der Waals surface area contributed by atoms with Crippen molar-refractivity contribution in [1.29, 1.82) is 0 Å². The van der Waals surface area contributed by atoms with Crippen LogP contribution in [0.4, 0.5) is 0 Å². The second-order valence-corrected chi connectivity index (χ2v) is 4.91. The summed E-state index contributed by atoms with van der Waals surface area (Å²) in [7, 11) is 0. The summed E-state index contributed by atoms with van der Waals surface area (Å²) in [6.07, 6.45) is 10.4. The largest absolute Gasteiger partial charge is 0.300 e. The molecular weight excluding hydrogens is 206 g/mol. The Morgan fingerprint density at radius 1 is 1.47 bits per heavy atom. The van der Waals surface area contributed by atoms with Gasteiger partial charge in [-0.3, -0.25) is 5.32 Å². The molecule has 1 saturated carbocycles. The zero-order chi connectivity index (χ0) is 12.1. The van der Waals surface area contributed by atoms with Crippen molar-refractivity contribution in [2.75, 3.05) is 0 Å². The molecule has 1 aromatic carbocycles. The van der Waals surface area contributed by atoms with E-state index in [9.17, 15) is 0 Å². The Hall–Kier alpha value is -1.26. The van der Waals surface area contributed by atoms with Crippen molar-refractivity contribution in [3.8, 4) is 12.3 Å². The maximum Gasteiger partial charge on any atom is 0.0689 e. The molecule has 0 radical (unpaired) electrons. The zero-order valence-corrected chi connectivity index (χ0v) is 10.6. The van der Waals surface area contributed by atoms with Gasteiger partial charge in [-0.2, -0.15) is 0 Å².